The van der Waals surface area contributed by atoms with Crippen LogP contribution in [0.5, 0.6) is 0 Å². The lowest BCUT2D eigenvalue weighted by Gasteiger charge is -2.49. The van der Waals surface area contributed by atoms with Crippen LogP contribution in [0.3, 0.4) is 0 Å². The number of fused-ring (bicyclic) bond motifs is 2. The molecule has 242 valence electrons. The van der Waals surface area contributed by atoms with Crippen molar-refractivity contribution in [3.63, 3.8) is 0 Å². The van der Waals surface area contributed by atoms with E-state index in [0.717, 1.165) is 39.8 Å². The molecule has 0 saturated carbocycles. The second-order valence-electron chi connectivity index (χ2n) is 9.28. The zero-order valence-corrected chi connectivity index (χ0v) is 26.7. The van der Waals surface area contributed by atoms with E-state index in [9.17, 15) is 42.3 Å². The number of carbonyl (C=O) groups excluding carboxylic acids is 3. The summed E-state index contributed by atoms with van der Waals surface area (Å²) in [6.07, 6.45) is 0. The number of oxime groups is 1. The molecule has 20 heteroatoms. The number of carboxylic acid groups (broad SMARTS) is 1. The number of halogens is 3. The molecule has 46 heavy (non-hydrogen) atoms. The Morgan fingerprint density at radius 3 is 2.63 bits per heavy atom. The number of nitrogen functional groups attached to an aromatic ring is 1. The first-order chi connectivity index (χ1) is 21.9. The smallest absolute Gasteiger partial charge is 0.352 e. The Kier molecular flexibility index (Phi) is 9.61. The number of ether oxygens (including phenoxy) is 1. The number of nitrogens with one attached hydrogen (secondary N) is 1. The van der Waals surface area contributed by atoms with E-state index in [2.05, 4.69) is 15.5 Å². The van der Waals surface area contributed by atoms with E-state index in [1.807, 2.05) is 0 Å². The highest BCUT2D eigenvalue weighted by molar-refractivity contribution is 8.02. The van der Waals surface area contributed by atoms with Crippen molar-refractivity contribution in [1.82, 2.24) is 15.2 Å². The van der Waals surface area contributed by atoms with Crippen molar-refractivity contribution in [1.29, 1.82) is 0 Å². The number of anilines is 1. The molecule has 0 bridgehead atoms. The molecule has 1 aromatic carbocycles. The molecule has 2 aliphatic heterocycles. The molecule has 4 N–H and O–H groups in total. The van der Waals surface area contributed by atoms with Crippen LogP contribution in [-0.2, 0) is 24.0 Å². The first kappa shape index (κ1) is 33.2. The summed E-state index contributed by atoms with van der Waals surface area (Å²) >= 11 is 3.46. The number of nitrogens with zero attached hydrogens (tertiary/aromatic N) is 3. The summed E-state index contributed by atoms with van der Waals surface area (Å²) in [6, 6.07) is -0.633. The summed E-state index contributed by atoms with van der Waals surface area (Å²) in [5.41, 5.74) is 3.68. The molecule has 0 aliphatic carbocycles. The first-order valence-electron chi connectivity index (χ1n) is 12.9. The van der Waals surface area contributed by atoms with Crippen LogP contribution in [0.15, 0.2) is 36.9 Å². The Bertz CT molecular complexity index is 1930. The summed E-state index contributed by atoms with van der Waals surface area (Å²) in [7, 11) is 1.21. The number of carbonyl (C=O) groups is 4. The Morgan fingerprint density at radius 1 is 1.26 bits per heavy atom. The van der Waals surface area contributed by atoms with Crippen molar-refractivity contribution in [2.75, 3.05) is 31.0 Å². The maximum atomic E-state index is 14.7. The van der Waals surface area contributed by atoms with E-state index in [-0.39, 0.29) is 50.1 Å². The predicted octanol–water partition coefficient (Wildman–Crippen LogP) is 2.78. The van der Waals surface area contributed by atoms with Crippen molar-refractivity contribution in [3.05, 3.63) is 61.6 Å². The van der Waals surface area contributed by atoms with Crippen LogP contribution in [0.4, 0.5) is 18.3 Å². The van der Waals surface area contributed by atoms with Crippen molar-refractivity contribution in [2.24, 2.45) is 5.16 Å². The third-order valence-corrected chi connectivity index (χ3v) is 11.1. The maximum Gasteiger partial charge on any atom is 0.352 e. The standard InChI is InChI=1S/C26H20F3N5O8S4/c1-3-42-24(40)12-18(35)9-4-10(27)13(28)14(29)19(9)46-25(12)44-6-8-5-43-22-16(21(37)34(22)17(8)23(38)39)32-20(36)15(33-41-2)11-7-45-26(30)31-11/h4,7,16,22H,3,5-6H2,1-2H3,(H2,30,31)(H,32,36)(H,38,39)/t16-,22+/m1/s1. The maximum absolute atomic E-state index is 14.7. The number of hydrogen-bond acceptors (Lipinski definition) is 14. The molecule has 0 spiro atoms. The lowest BCUT2D eigenvalue weighted by Crippen LogP contribution is -2.71. The number of aromatic nitrogens is 1. The highest BCUT2D eigenvalue weighted by Gasteiger charge is 2.54. The van der Waals surface area contributed by atoms with Crippen LogP contribution in [0.25, 0.3) is 10.1 Å². The fraction of sp³-hybridized carbons (Fsp3) is 0.269. The van der Waals surface area contributed by atoms with Gasteiger partial charge >= 0.3 is 11.9 Å². The molecule has 0 unspecified atom stereocenters. The fourth-order valence-corrected chi connectivity index (χ4v) is 9.00. The van der Waals surface area contributed by atoms with Gasteiger partial charge in [-0.1, -0.05) is 5.16 Å². The third kappa shape index (κ3) is 5.92. The van der Waals surface area contributed by atoms with Crippen LogP contribution in [0.2, 0.25) is 0 Å². The predicted molar refractivity (Wildman–Crippen MR) is 164 cm³/mol. The molecule has 2 atom stereocenters. The van der Waals surface area contributed by atoms with Gasteiger partial charge in [0.05, 0.1) is 15.5 Å². The third-order valence-electron chi connectivity index (χ3n) is 6.54. The van der Waals surface area contributed by atoms with Crippen LogP contribution in [-0.4, -0.2) is 81.1 Å². The zero-order chi connectivity index (χ0) is 33.4. The molecule has 1 saturated heterocycles. The van der Waals surface area contributed by atoms with E-state index >= 15 is 0 Å². The highest BCUT2D eigenvalue weighted by atomic mass is 32.2. The topological polar surface area (TPSA) is 191 Å². The summed E-state index contributed by atoms with van der Waals surface area (Å²) < 4.78 is 46.9. The number of hydrogen-bond donors (Lipinski definition) is 3. The molecule has 13 nitrogen and oxygen atoms in total. The van der Waals surface area contributed by atoms with Gasteiger partial charge in [0.2, 0.25) is 5.43 Å². The summed E-state index contributed by atoms with van der Waals surface area (Å²) in [5, 5.41) is 16.5. The van der Waals surface area contributed by atoms with Crippen molar-refractivity contribution in [3.8, 4) is 0 Å². The number of rotatable bonds is 10. The van der Waals surface area contributed by atoms with E-state index in [1.165, 1.54) is 19.4 Å². The monoisotopic (exact) mass is 715 g/mol. The van der Waals surface area contributed by atoms with Crippen LogP contribution < -0.4 is 16.5 Å². The first-order valence-corrected chi connectivity index (χ1v) is 16.6. The largest absolute Gasteiger partial charge is 0.477 e. The minimum Gasteiger partial charge on any atom is -0.477 e. The summed E-state index contributed by atoms with van der Waals surface area (Å²) in [4.78, 5) is 74.1. The molecular formula is C26H20F3N5O8S4. The van der Waals surface area contributed by atoms with E-state index in [1.54, 1.807) is 0 Å². The Balaban J connectivity index is 1.43. The van der Waals surface area contributed by atoms with Crippen LogP contribution in [0.1, 0.15) is 23.0 Å². The van der Waals surface area contributed by atoms with E-state index < -0.39 is 73.7 Å². The number of carboxylic acids is 1. The van der Waals surface area contributed by atoms with Gasteiger partial charge in [0.25, 0.3) is 11.8 Å². The number of benzene rings is 1. The van der Waals surface area contributed by atoms with Gasteiger partial charge in [-0.3, -0.25) is 19.3 Å². The number of β-lactam (4-membered cyclic amide) rings is 1. The average molecular weight is 716 g/mol. The van der Waals surface area contributed by atoms with Gasteiger partial charge in [0.15, 0.2) is 28.3 Å². The number of thioether (sulfide) groups is 2. The molecule has 2 aliphatic rings. The Morgan fingerprint density at radius 2 is 2.00 bits per heavy atom. The van der Waals surface area contributed by atoms with Crippen molar-refractivity contribution >= 4 is 90.9 Å². The van der Waals surface area contributed by atoms with E-state index in [4.69, 9.17) is 15.3 Å². The van der Waals surface area contributed by atoms with Gasteiger partial charge in [-0.15, -0.1) is 46.2 Å². The SMILES string of the molecule is CCOC(=O)c1c(SCC2=C(C(=O)O)N3C(=O)[C@@H](NC(=O)C(=NOC)c4csc(N)n4)[C@@H]3SC2)sc2c(F)c(F)c(F)cc2c1=O. The molecule has 4 heterocycles. The number of nitrogens with two attached hydrogens (primary N) is 1. The molecule has 0 radical (unpaired) electrons. The van der Waals surface area contributed by atoms with Gasteiger partial charge in [-0.25, -0.2) is 27.7 Å². The molecular weight excluding hydrogens is 696 g/mol. The quantitative estimate of drug-likeness (QED) is 0.0696. The van der Waals surface area contributed by atoms with Crippen molar-refractivity contribution in [2.45, 2.75) is 22.5 Å². The summed E-state index contributed by atoms with van der Waals surface area (Å²) in [6.45, 7) is 1.35. The van der Waals surface area contributed by atoms with Gasteiger partial charge in [0, 0.05) is 22.3 Å². The van der Waals surface area contributed by atoms with E-state index in [0.29, 0.717) is 17.4 Å². The van der Waals surface area contributed by atoms with Crippen LogP contribution in [0, 0.1) is 17.5 Å². The minimum absolute atomic E-state index is 0.0442. The lowest BCUT2D eigenvalue weighted by molar-refractivity contribution is -0.150. The number of thiazole rings is 1. The molecule has 5 rings (SSSR count). The molecule has 1 fully saturated rings. The molecule has 2 amide bonds. The fourth-order valence-electron chi connectivity index (χ4n) is 4.55. The highest BCUT2D eigenvalue weighted by Crippen LogP contribution is 2.43. The second kappa shape index (κ2) is 13.3. The van der Waals surface area contributed by atoms with Gasteiger partial charge in [-0.2, -0.15) is 0 Å². The normalized spacial score (nSPS) is 17.9. The van der Waals surface area contributed by atoms with Crippen LogP contribution >= 0.6 is 46.2 Å². The number of aliphatic carboxylic acids is 1. The number of amides is 2. The Hall–Kier alpha value is -4.14. The lowest BCUT2D eigenvalue weighted by atomic mass is 10.0. The second-order valence-corrected chi connectivity index (χ2v) is 13.5. The van der Waals surface area contributed by atoms with Gasteiger partial charge in [-0.05, 0) is 18.6 Å². The van der Waals surface area contributed by atoms with Crippen molar-refractivity contribution < 1.29 is 47.0 Å². The number of esters is 1. The molecule has 3 aromatic rings. The Labute approximate surface area is 272 Å². The minimum atomic E-state index is -1.80. The zero-order valence-electron chi connectivity index (χ0n) is 23.4. The molecule has 2 aromatic heterocycles. The summed E-state index contributed by atoms with van der Waals surface area (Å²) in [5.74, 6) is -9.28. The average Bonchev–Trinajstić information content (AvgIpc) is 3.45. The van der Waals surface area contributed by atoms with Gasteiger partial charge in [0.1, 0.15) is 35.5 Å². The van der Waals surface area contributed by atoms with Gasteiger partial charge < -0.3 is 25.7 Å².